The zero-order valence-corrected chi connectivity index (χ0v) is 8.74. The second-order valence-corrected chi connectivity index (χ2v) is 3.90. The molecule has 0 aromatic rings. The molecule has 4 nitrogen and oxygen atoms in total. The largest absolute Gasteiger partial charge is 0.367 e. The summed E-state index contributed by atoms with van der Waals surface area (Å²) >= 11 is 0. The van der Waals surface area contributed by atoms with Crippen LogP contribution in [0.5, 0.6) is 0 Å². The van der Waals surface area contributed by atoms with Crippen molar-refractivity contribution >= 4 is 5.91 Å². The minimum Gasteiger partial charge on any atom is -0.367 e. The van der Waals surface area contributed by atoms with Gasteiger partial charge in [0.15, 0.2) is 0 Å². The van der Waals surface area contributed by atoms with Gasteiger partial charge in [-0.05, 0) is 31.7 Å². The van der Waals surface area contributed by atoms with E-state index in [1.165, 1.54) is 0 Å². The Hall–Kier alpha value is -0.610. The number of carbonyl (C=O) groups is 1. The summed E-state index contributed by atoms with van der Waals surface area (Å²) in [6, 6.07) is 0. The first kappa shape index (κ1) is 11.5. The number of hydrogen-bond acceptors (Lipinski definition) is 3. The van der Waals surface area contributed by atoms with Crippen LogP contribution < -0.4 is 11.5 Å². The molecule has 1 aliphatic rings. The fourth-order valence-corrected chi connectivity index (χ4v) is 2.03. The summed E-state index contributed by atoms with van der Waals surface area (Å²) in [5.41, 5.74) is 10.8. The van der Waals surface area contributed by atoms with Gasteiger partial charge in [0.05, 0.1) is 6.10 Å². The Morgan fingerprint density at radius 2 is 2.29 bits per heavy atom. The molecular formula is C10H20N2O2. The van der Waals surface area contributed by atoms with E-state index in [4.69, 9.17) is 16.2 Å². The standard InChI is InChI=1S/C10H20N2O2/c1-2-8(10(12)13)14-9-5-3-4-7(9)6-11/h7-9H,2-6,11H2,1H3,(H2,12,13). The summed E-state index contributed by atoms with van der Waals surface area (Å²) in [5.74, 6) is 0.0403. The van der Waals surface area contributed by atoms with Crippen molar-refractivity contribution in [3.05, 3.63) is 0 Å². The van der Waals surface area contributed by atoms with Gasteiger partial charge in [-0.25, -0.2) is 0 Å². The number of primary amides is 1. The molecule has 14 heavy (non-hydrogen) atoms. The van der Waals surface area contributed by atoms with Crippen LogP contribution in [0.15, 0.2) is 0 Å². The van der Waals surface area contributed by atoms with Crippen molar-refractivity contribution in [1.29, 1.82) is 0 Å². The number of rotatable bonds is 5. The Kier molecular flexibility index (Phi) is 4.35. The van der Waals surface area contributed by atoms with Crippen molar-refractivity contribution < 1.29 is 9.53 Å². The van der Waals surface area contributed by atoms with Gasteiger partial charge in [0.25, 0.3) is 0 Å². The van der Waals surface area contributed by atoms with Crippen LogP contribution >= 0.6 is 0 Å². The van der Waals surface area contributed by atoms with E-state index in [-0.39, 0.29) is 12.0 Å². The number of ether oxygens (including phenoxy) is 1. The summed E-state index contributed by atoms with van der Waals surface area (Å²) in [6.07, 6.45) is 3.59. The topological polar surface area (TPSA) is 78.3 Å². The molecule has 0 heterocycles. The minimum atomic E-state index is -0.438. The summed E-state index contributed by atoms with van der Waals surface area (Å²) in [5, 5.41) is 0. The van der Waals surface area contributed by atoms with E-state index in [0.717, 1.165) is 19.3 Å². The average Bonchev–Trinajstić information content (AvgIpc) is 2.60. The number of carbonyl (C=O) groups excluding carboxylic acids is 1. The third-order valence-electron chi connectivity index (χ3n) is 2.92. The van der Waals surface area contributed by atoms with Gasteiger partial charge >= 0.3 is 0 Å². The SMILES string of the molecule is CCC(OC1CCCC1CN)C(N)=O. The Balaban J connectivity index is 2.45. The van der Waals surface area contributed by atoms with Gasteiger partial charge in [0.2, 0.25) is 5.91 Å². The predicted octanol–water partition coefficient (Wildman–Crippen LogP) is 0.394. The molecule has 4 heteroatoms. The average molecular weight is 200 g/mol. The van der Waals surface area contributed by atoms with Crippen molar-refractivity contribution in [2.24, 2.45) is 17.4 Å². The molecule has 1 saturated carbocycles. The Labute approximate surface area is 85.0 Å². The second-order valence-electron chi connectivity index (χ2n) is 3.90. The van der Waals surface area contributed by atoms with Gasteiger partial charge in [-0.15, -0.1) is 0 Å². The van der Waals surface area contributed by atoms with E-state index < -0.39 is 6.10 Å². The zero-order valence-electron chi connectivity index (χ0n) is 8.74. The maximum atomic E-state index is 11.0. The molecule has 1 fully saturated rings. The lowest BCUT2D eigenvalue weighted by Crippen LogP contribution is -2.36. The lowest BCUT2D eigenvalue weighted by Gasteiger charge is -2.22. The molecule has 0 spiro atoms. The van der Waals surface area contributed by atoms with Gasteiger partial charge in [-0.1, -0.05) is 13.3 Å². The number of nitrogens with two attached hydrogens (primary N) is 2. The van der Waals surface area contributed by atoms with E-state index in [1.54, 1.807) is 0 Å². The summed E-state index contributed by atoms with van der Waals surface area (Å²) < 4.78 is 5.67. The van der Waals surface area contributed by atoms with E-state index in [0.29, 0.717) is 18.9 Å². The lowest BCUT2D eigenvalue weighted by atomic mass is 10.1. The van der Waals surface area contributed by atoms with E-state index >= 15 is 0 Å². The van der Waals surface area contributed by atoms with Crippen LogP contribution in [0.4, 0.5) is 0 Å². The van der Waals surface area contributed by atoms with Crippen molar-refractivity contribution in [2.75, 3.05) is 6.54 Å². The van der Waals surface area contributed by atoms with Crippen molar-refractivity contribution in [1.82, 2.24) is 0 Å². The summed E-state index contributed by atoms with van der Waals surface area (Å²) in [6.45, 7) is 2.54. The second kappa shape index (κ2) is 5.32. The molecule has 0 aliphatic heterocycles. The predicted molar refractivity (Wildman–Crippen MR) is 54.5 cm³/mol. The lowest BCUT2D eigenvalue weighted by molar-refractivity contribution is -0.135. The molecule has 0 aromatic heterocycles. The minimum absolute atomic E-state index is 0.137. The maximum Gasteiger partial charge on any atom is 0.246 e. The quantitative estimate of drug-likeness (QED) is 0.674. The van der Waals surface area contributed by atoms with E-state index in [2.05, 4.69) is 0 Å². The molecule has 3 atom stereocenters. The molecule has 0 saturated heterocycles. The highest BCUT2D eigenvalue weighted by Crippen LogP contribution is 2.28. The van der Waals surface area contributed by atoms with Crippen molar-refractivity contribution in [3.63, 3.8) is 0 Å². The maximum absolute atomic E-state index is 11.0. The molecule has 1 rings (SSSR count). The van der Waals surface area contributed by atoms with Gasteiger partial charge in [0, 0.05) is 0 Å². The van der Waals surface area contributed by atoms with Gasteiger partial charge in [-0.2, -0.15) is 0 Å². The molecule has 0 aromatic carbocycles. The highest BCUT2D eigenvalue weighted by atomic mass is 16.5. The first-order valence-electron chi connectivity index (χ1n) is 5.33. The van der Waals surface area contributed by atoms with Gasteiger partial charge in [-0.3, -0.25) is 4.79 Å². The fourth-order valence-electron chi connectivity index (χ4n) is 2.03. The van der Waals surface area contributed by atoms with Crippen LogP contribution in [0.2, 0.25) is 0 Å². The fraction of sp³-hybridized carbons (Fsp3) is 0.900. The molecule has 4 N–H and O–H groups in total. The first-order valence-corrected chi connectivity index (χ1v) is 5.33. The molecular weight excluding hydrogens is 180 g/mol. The van der Waals surface area contributed by atoms with Crippen LogP contribution in [-0.2, 0) is 9.53 Å². The van der Waals surface area contributed by atoms with Crippen LogP contribution in [0, 0.1) is 5.92 Å². The molecule has 1 amide bonds. The Morgan fingerprint density at radius 3 is 2.79 bits per heavy atom. The van der Waals surface area contributed by atoms with Crippen molar-refractivity contribution in [2.45, 2.75) is 44.8 Å². The van der Waals surface area contributed by atoms with Gasteiger partial charge < -0.3 is 16.2 Å². The van der Waals surface area contributed by atoms with Crippen LogP contribution in [0.25, 0.3) is 0 Å². The third-order valence-corrected chi connectivity index (χ3v) is 2.92. The van der Waals surface area contributed by atoms with E-state index in [9.17, 15) is 4.79 Å². The van der Waals surface area contributed by atoms with Crippen LogP contribution in [0.3, 0.4) is 0 Å². The van der Waals surface area contributed by atoms with Crippen LogP contribution in [-0.4, -0.2) is 24.7 Å². The number of amides is 1. The van der Waals surface area contributed by atoms with Gasteiger partial charge in [0.1, 0.15) is 6.10 Å². The molecule has 1 aliphatic carbocycles. The van der Waals surface area contributed by atoms with E-state index in [1.807, 2.05) is 6.92 Å². The van der Waals surface area contributed by atoms with Crippen molar-refractivity contribution in [3.8, 4) is 0 Å². The first-order chi connectivity index (χ1) is 6.69. The monoisotopic (exact) mass is 200 g/mol. The Morgan fingerprint density at radius 1 is 1.57 bits per heavy atom. The highest BCUT2D eigenvalue weighted by molar-refractivity contribution is 5.78. The smallest absolute Gasteiger partial charge is 0.246 e. The molecule has 0 radical (unpaired) electrons. The molecule has 3 unspecified atom stereocenters. The summed E-state index contributed by atoms with van der Waals surface area (Å²) in [4.78, 5) is 11.0. The highest BCUT2D eigenvalue weighted by Gasteiger charge is 2.30. The van der Waals surface area contributed by atoms with Crippen LogP contribution in [0.1, 0.15) is 32.6 Å². The molecule has 82 valence electrons. The normalized spacial score (nSPS) is 29.0. The Bertz CT molecular complexity index is 197. The zero-order chi connectivity index (χ0) is 10.6. The summed E-state index contributed by atoms with van der Waals surface area (Å²) in [7, 11) is 0. The third kappa shape index (κ3) is 2.69. The molecule has 0 bridgehead atoms. The number of hydrogen-bond donors (Lipinski definition) is 2.